The van der Waals surface area contributed by atoms with E-state index >= 15 is 0 Å². The highest BCUT2D eigenvalue weighted by Gasteiger charge is 2.11. The van der Waals surface area contributed by atoms with Crippen molar-refractivity contribution < 1.29 is 24.5 Å². The van der Waals surface area contributed by atoms with Crippen molar-refractivity contribution in [1.82, 2.24) is 10.2 Å². The number of piperazine rings is 1. The van der Waals surface area contributed by atoms with E-state index in [1.807, 2.05) is 24.3 Å². The Balaban J connectivity index is 0.000000450. The third kappa shape index (κ3) is 8.02. The molecule has 25 heavy (non-hydrogen) atoms. The number of para-hydroxylation sites is 1. The van der Waals surface area contributed by atoms with E-state index in [0.717, 1.165) is 50.5 Å². The number of nitrogens with one attached hydrogen (secondary N) is 1. The summed E-state index contributed by atoms with van der Waals surface area (Å²) in [5, 5.41) is 18.8. The molecule has 1 aliphatic rings. The molecule has 0 aliphatic carbocycles. The second-order valence-electron chi connectivity index (χ2n) is 5.27. The van der Waals surface area contributed by atoms with Crippen molar-refractivity contribution in [3.05, 3.63) is 41.4 Å². The average molecular weight is 371 g/mol. The number of nitrogens with zero attached hydrogens (tertiary/aromatic N) is 1. The number of allylic oxidation sites excluding steroid dienone is 1. The molecule has 0 aromatic heterocycles. The maximum absolute atomic E-state index is 9.10. The van der Waals surface area contributed by atoms with E-state index in [1.165, 1.54) is 0 Å². The van der Waals surface area contributed by atoms with Crippen LogP contribution in [0.25, 0.3) is 0 Å². The Kier molecular flexibility index (Phi) is 9.61. The van der Waals surface area contributed by atoms with E-state index in [4.69, 9.17) is 36.1 Å². The Hall–Kier alpha value is -2.09. The summed E-state index contributed by atoms with van der Waals surface area (Å²) < 4.78 is 5.88. The second-order valence-corrected chi connectivity index (χ2v) is 5.68. The van der Waals surface area contributed by atoms with Gasteiger partial charge in [-0.2, -0.15) is 0 Å². The summed E-state index contributed by atoms with van der Waals surface area (Å²) in [7, 11) is 0. The van der Waals surface area contributed by atoms with Crippen LogP contribution in [-0.2, 0) is 16.0 Å². The van der Waals surface area contributed by atoms with Crippen LogP contribution in [0.4, 0.5) is 0 Å². The van der Waals surface area contributed by atoms with Gasteiger partial charge in [0.05, 0.1) is 5.02 Å². The van der Waals surface area contributed by atoms with Crippen molar-refractivity contribution in [2.75, 3.05) is 39.3 Å². The lowest BCUT2D eigenvalue weighted by molar-refractivity contribution is -0.159. The summed E-state index contributed by atoms with van der Waals surface area (Å²) in [5.74, 6) is -2.84. The maximum atomic E-state index is 9.10. The second kappa shape index (κ2) is 11.5. The Morgan fingerprint density at radius 3 is 2.48 bits per heavy atom. The highest BCUT2D eigenvalue weighted by molar-refractivity contribution is 6.32. The van der Waals surface area contributed by atoms with E-state index in [9.17, 15) is 0 Å². The first-order chi connectivity index (χ1) is 12.0. The van der Waals surface area contributed by atoms with Gasteiger partial charge < -0.3 is 20.3 Å². The predicted octanol–water partition coefficient (Wildman–Crippen LogP) is 1.51. The summed E-state index contributed by atoms with van der Waals surface area (Å²) >= 11 is 6.20. The molecule has 1 saturated heterocycles. The molecule has 1 heterocycles. The van der Waals surface area contributed by atoms with Gasteiger partial charge in [-0.1, -0.05) is 29.8 Å². The Bertz CT molecular complexity index is 576. The van der Waals surface area contributed by atoms with Crippen molar-refractivity contribution in [1.29, 1.82) is 0 Å². The molecule has 1 fully saturated rings. The molecular formula is C17H23ClN2O5. The molecule has 138 valence electrons. The normalized spacial score (nSPS) is 14.1. The number of hydrogen-bond acceptors (Lipinski definition) is 5. The molecule has 0 radical (unpaired) electrons. The van der Waals surface area contributed by atoms with Crippen molar-refractivity contribution >= 4 is 23.5 Å². The van der Waals surface area contributed by atoms with E-state index in [0.29, 0.717) is 11.6 Å². The maximum Gasteiger partial charge on any atom is 0.414 e. The Morgan fingerprint density at radius 2 is 1.92 bits per heavy atom. The van der Waals surface area contributed by atoms with Gasteiger partial charge >= 0.3 is 11.9 Å². The summed E-state index contributed by atoms with van der Waals surface area (Å²) in [5.41, 5.74) is 1.10. The first kappa shape index (κ1) is 21.0. The van der Waals surface area contributed by atoms with Crippen LogP contribution >= 0.6 is 11.6 Å². The van der Waals surface area contributed by atoms with Crippen LogP contribution in [-0.4, -0.2) is 66.4 Å². The molecule has 3 N–H and O–H groups in total. The molecule has 0 saturated carbocycles. The molecule has 2 rings (SSSR count). The predicted molar refractivity (Wildman–Crippen MR) is 95.4 cm³/mol. The standard InChI is InChI=1S/C15H21ClN2O.C2H2O4/c1-2-4-13-5-3-6-14(16)15(13)19-12-11-18-9-7-17-8-10-18;3-1(4)2(5)6/h2-3,5-6,17H,1,4,7-12H2;(H,3,4)(H,5,6). The zero-order valence-corrected chi connectivity index (χ0v) is 14.7. The Labute approximate surface area is 151 Å². The van der Waals surface area contributed by atoms with Crippen molar-refractivity contribution in [3.8, 4) is 5.75 Å². The summed E-state index contributed by atoms with van der Waals surface area (Å²) in [6, 6.07) is 5.85. The molecule has 0 unspecified atom stereocenters. The van der Waals surface area contributed by atoms with Crippen LogP contribution in [0.1, 0.15) is 5.56 Å². The average Bonchev–Trinajstić information content (AvgIpc) is 2.59. The van der Waals surface area contributed by atoms with Gasteiger partial charge in [-0.3, -0.25) is 4.90 Å². The Morgan fingerprint density at radius 1 is 1.28 bits per heavy atom. The fourth-order valence-electron chi connectivity index (χ4n) is 2.24. The first-order valence-electron chi connectivity index (χ1n) is 7.86. The number of carbonyl (C=O) groups is 2. The number of carboxylic acids is 2. The summed E-state index contributed by atoms with van der Waals surface area (Å²) in [4.78, 5) is 20.6. The number of rotatable bonds is 6. The highest BCUT2D eigenvalue weighted by Crippen LogP contribution is 2.29. The quantitative estimate of drug-likeness (QED) is 0.515. The van der Waals surface area contributed by atoms with Gasteiger partial charge in [0.2, 0.25) is 0 Å². The highest BCUT2D eigenvalue weighted by atomic mass is 35.5. The monoisotopic (exact) mass is 370 g/mol. The van der Waals surface area contributed by atoms with Crippen LogP contribution in [0, 0.1) is 0 Å². The minimum atomic E-state index is -1.82. The number of carboxylic acid groups (broad SMARTS) is 2. The lowest BCUT2D eigenvalue weighted by Gasteiger charge is -2.27. The van der Waals surface area contributed by atoms with Crippen LogP contribution in [0.5, 0.6) is 5.75 Å². The van der Waals surface area contributed by atoms with Crippen LogP contribution in [0.15, 0.2) is 30.9 Å². The van der Waals surface area contributed by atoms with E-state index in [2.05, 4.69) is 16.8 Å². The third-order valence-electron chi connectivity index (χ3n) is 3.46. The van der Waals surface area contributed by atoms with E-state index < -0.39 is 11.9 Å². The first-order valence-corrected chi connectivity index (χ1v) is 8.24. The van der Waals surface area contributed by atoms with E-state index in [-0.39, 0.29) is 0 Å². The molecule has 1 aromatic rings. The minimum absolute atomic E-state index is 0.674. The lowest BCUT2D eigenvalue weighted by atomic mass is 10.1. The number of hydrogen-bond donors (Lipinski definition) is 3. The van der Waals surface area contributed by atoms with Gasteiger partial charge in [0.25, 0.3) is 0 Å². The summed E-state index contributed by atoms with van der Waals surface area (Å²) in [6.45, 7) is 9.69. The van der Waals surface area contributed by atoms with Gasteiger partial charge in [-0.25, -0.2) is 9.59 Å². The molecule has 1 aliphatic heterocycles. The van der Waals surface area contributed by atoms with Gasteiger partial charge in [-0.15, -0.1) is 6.58 Å². The van der Waals surface area contributed by atoms with Crippen LogP contribution < -0.4 is 10.1 Å². The third-order valence-corrected chi connectivity index (χ3v) is 3.76. The van der Waals surface area contributed by atoms with Crippen molar-refractivity contribution in [2.45, 2.75) is 6.42 Å². The van der Waals surface area contributed by atoms with Crippen LogP contribution in [0.3, 0.4) is 0 Å². The van der Waals surface area contributed by atoms with Crippen molar-refractivity contribution in [2.24, 2.45) is 0 Å². The largest absolute Gasteiger partial charge is 0.490 e. The lowest BCUT2D eigenvalue weighted by Crippen LogP contribution is -2.44. The van der Waals surface area contributed by atoms with Gasteiger partial charge in [0.1, 0.15) is 12.4 Å². The fraction of sp³-hybridized carbons (Fsp3) is 0.412. The van der Waals surface area contributed by atoms with Crippen LogP contribution in [0.2, 0.25) is 5.02 Å². The number of ether oxygens (including phenoxy) is 1. The smallest absolute Gasteiger partial charge is 0.414 e. The number of halogens is 1. The molecule has 0 spiro atoms. The molecule has 8 heteroatoms. The molecule has 7 nitrogen and oxygen atoms in total. The van der Waals surface area contributed by atoms with Gasteiger partial charge in [0.15, 0.2) is 0 Å². The summed E-state index contributed by atoms with van der Waals surface area (Å²) in [6.07, 6.45) is 2.65. The van der Waals surface area contributed by atoms with Crippen molar-refractivity contribution in [3.63, 3.8) is 0 Å². The molecule has 0 bridgehead atoms. The zero-order valence-electron chi connectivity index (χ0n) is 13.9. The molecule has 0 atom stereocenters. The van der Waals surface area contributed by atoms with Gasteiger partial charge in [0, 0.05) is 32.7 Å². The number of benzene rings is 1. The SMILES string of the molecule is C=CCc1cccc(Cl)c1OCCN1CCNCC1.O=C(O)C(=O)O. The minimum Gasteiger partial charge on any atom is -0.490 e. The molecular weight excluding hydrogens is 348 g/mol. The molecule has 0 amide bonds. The topological polar surface area (TPSA) is 99.1 Å². The fourth-order valence-corrected chi connectivity index (χ4v) is 2.49. The zero-order chi connectivity index (χ0) is 18.7. The van der Waals surface area contributed by atoms with Gasteiger partial charge in [-0.05, 0) is 18.1 Å². The molecule has 1 aromatic carbocycles. The van der Waals surface area contributed by atoms with E-state index in [1.54, 1.807) is 0 Å². The number of aliphatic carboxylic acids is 2.